The van der Waals surface area contributed by atoms with Gasteiger partial charge in [-0.3, -0.25) is 14.5 Å². The zero-order valence-corrected chi connectivity index (χ0v) is 15.7. The molecule has 1 fully saturated rings. The summed E-state index contributed by atoms with van der Waals surface area (Å²) < 4.78 is 1.39. The van der Waals surface area contributed by atoms with Crippen LogP contribution in [0.4, 0.5) is 5.82 Å². The predicted octanol–water partition coefficient (Wildman–Crippen LogP) is 1.80. The molecule has 0 aliphatic carbocycles. The van der Waals surface area contributed by atoms with Crippen LogP contribution in [0.3, 0.4) is 0 Å². The Morgan fingerprint density at radius 3 is 2.79 bits per heavy atom. The van der Waals surface area contributed by atoms with Crippen molar-refractivity contribution in [2.75, 3.05) is 18.4 Å². The Hall–Kier alpha value is -3.13. The second-order valence-corrected chi connectivity index (χ2v) is 7.15. The van der Waals surface area contributed by atoms with Crippen LogP contribution in [0.2, 0.25) is 0 Å². The third-order valence-electron chi connectivity index (χ3n) is 5.09. The largest absolute Gasteiger partial charge is 0.310 e. The number of rotatable bonds is 4. The zero-order chi connectivity index (χ0) is 19.5. The Morgan fingerprint density at radius 1 is 1.21 bits per heavy atom. The molecule has 3 heterocycles. The van der Waals surface area contributed by atoms with Gasteiger partial charge in [-0.2, -0.15) is 4.68 Å². The topological polar surface area (TPSA) is 93.0 Å². The van der Waals surface area contributed by atoms with Crippen molar-refractivity contribution < 1.29 is 4.79 Å². The van der Waals surface area contributed by atoms with Crippen LogP contribution in [0, 0.1) is 12.8 Å². The molecule has 144 valence electrons. The first-order chi connectivity index (χ1) is 13.6. The molecule has 1 saturated heterocycles. The van der Waals surface area contributed by atoms with Crippen LogP contribution in [0.25, 0.3) is 10.9 Å². The van der Waals surface area contributed by atoms with Crippen LogP contribution in [0.5, 0.6) is 0 Å². The normalized spacial score (nSPS) is 15.6. The van der Waals surface area contributed by atoms with Crippen molar-refractivity contribution in [1.82, 2.24) is 24.9 Å². The molecule has 3 aromatic rings. The molecule has 0 unspecified atom stereocenters. The van der Waals surface area contributed by atoms with Gasteiger partial charge < -0.3 is 5.32 Å². The number of fused-ring (bicyclic) bond motifs is 1. The van der Waals surface area contributed by atoms with Crippen LogP contribution in [-0.2, 0) is 11.5 Å². The highest BCUT2D eigenvalue weighted by molar-refractivity contribution is 5.91. The molecule has 1 amide bonds. The number of nitrogens with zero attached hydrogens (tertiary/aromatic N) is 5. The maximum Gasteiger partial charge on any atom is 0.278 e. The Bertz CT molecular complexity index is 1060. The summed E-state index contributed by atoms with van der Waals surface area (Å²) in [5.41, 5.74) is 1.52. The lowest BCUT2D eigenvalue weighted by Gasteiger charge is -2.30. The van der Waals surface area contributed by atoms with E-state index in [0.717, 1.165) is 31.5 Å². The molecule has 2 aromatic heterocycles. The Balaban J connectivity index is 1.36. The van der Waals surface area contributed by atoms with Crippen molar-refractivity contribution >= 4 is 22.6 Å². The molecular formula is C20H22N6O2. The van der Waals surface area contributed by atoms with Gasteiger partial charge in [-0.1, -0.05) is 17.3 Å². The molecule has 1 aliphatic heterocycles. The van der Waals surface area contributed by atoms with Crippen molar-refractivity contribution in [3.63, 3.8) is 0 Å². The van der Waals surface area contributed by atoms with Crippen molar-refractivity contribution in [3.05, 3.63) is 58.5 Å². The summed E-state index contributed by atoms with van der Waals surface area (Å²) in [5, 5.41) is 11.6. The summed E-state index contributed by atoms with van der Waals surface area (Å²) in [6.45, 7) is 3.79. The average molecular weight is 378 g/mol. The second kappa shape index (κ2) is 7.85. The van der Waals surface area contributed by atoms with Gasteiger partial charge in [-0.15, -0.1) is 5.10 Å². The van der Waals surface area contributed by atoms with Crippen molar-refractivity contribution in [3.8, 4) is 0 Å². The standard InChI is InChI=1S/C20H22N6O2/c1-14-6-9-21-18(12-14)22-19(27)15-7-10-25(11-8-15)13-26-20(28)16-4-2-3-5-17(16)23-24-26/h2-6,9,12,15H,7-8,10-11,13H2,1H3,(H,21,22,27). The minimum absolute atomic E-state index is 0.000383. The quantitative estimate of drug-likeness (QED) is 0.744. The SMILES string of the molecule is Cc1ccnc(NC(=O)C2CCN(Cn3nnc4ccccc4c3=O)CC2)c1. The van der Waals surface area contributed by atoms with E-state index in [9.17, 15) is 9.59 Å². The summed E-state index contributed by atoms with van der Waals surface area (Å²) in [5.74, 6) is 0.531. The van der Waals surface area contributed by atoms with Gasteiger partial charge in [0.15, 0.2) is 0 Å². The summed E-state index contributed by atoms with van der Waals surface area (Å²) in [4.78, 5) is 31.4. The van der Waals surface area contributed by atoms with E-state index in [1.165, 1.54) is 4.68 Å². The minimum atomic E-state index is -0.143. The predicted molar refractivity (Wildman–Crippen MR) is 106 cm³/mol. The van der Waals surface area contributed by atoms with Gasteiger partial charge in [-0.25, -0.2) is 4.98 Å². The number of amides is 1. The maximum absolute atomic E-state index is 12.6. The van der Waals surface area contributed by atoms with E-state index >= 15 is 0 Å². The average Bonchev–Trinajstić information content (AvgIpc) is 2.71. The van der Waals surface area contributed by atoms with Crippen molar-refractivity contribution in [2.45, 2.75) is 26.4 Å². The number of carbonyl (C=O) groups excluding carboxylic acids is 1. The smallest absolute Gasteiger partial charge is 0.278 e. The maximum atomic E-state index is 12.6. The summed E-state index contributed by atoms with van der Waals surface area (Å²) in [7, 11) is 0. The van der Waals surface area contributed by atoms with Crippen LogP contribution >= 0.6 is 0 Å². The minimum Gasteiger partial charge on any atom is -0.310 e. The molecule has 8 nitrogen and oxygen atoms in total. The third kappa shape index (κ3) is 3.91. The number of anilines is 1. The van der Waals surface area contributed by atoms with Gasteiger partial charge in [0.05, 0.1) is 12.1 Å². The number of aryl methyl sites for hydroxylation is 1. The van der Waals surface area contributed by atoms with E-state index in [4.69, 9.17) is 0 Å². The summed E-state index contributed by atoms with van der Waals surface area (Å²) in [6, 6.07) is 11.0. The molecule has 0 spiro atoms. The number of aromatic nitrogens is 4. The third-order valence-corrected chi connectivity index (χ3v) is 5.09. The van der Waals surface area contributed by atoms with E-state index in [1.54, 1.807) is 18.3 Å². The second-order valence-electron chi connectivity index (χ2n) is 7.15. The van der Waals surface area contributed by atoms with E-state index < -0.39 is 0 Å². The van der Waals surface area contributed by atoms with Crippen LogP contribution in [0.15, 0.2) is 47.4 Å². The lowest BCUT2D eigenvalue weighted by molar-refractivity contribution is -0.121. The first-order valence-electron chi connectivity index (χ1n) is 9.38. The Labute approximate surface area is 162 Å². The molecule has 8 heteroatoms. The number of nitrogens with one attached hydrogen (secondary N) is 1. The van der Waals surface area contributed by atoms with Crippen molar-refractivity contribution in [2.24, 2.45) is 5.92 Å². The van der Waals surface area contributed by atoms with Gasteiger partial charge >= 0.3 is 0 Å². The van der Waals surface area contributed by atoms with E-state index in [1.807, 2.05) is 31.2 Å². The van der Waals surface area contributed by atoms with Crippen LogP contribution in [-0.4, -0.2) is 43.9 Å². The molecule has 1 N–H and O–H groups in total. The number of benzene rings is 1. The van der Waals surface area contributed by atoms with Gasteiger partial charge in [0.1, 0.15) is 11.3 Å². The van der Waals surface area contributed by atoms with E-state index in [2.05, 4.69) is 25.5 Å². The van der Waals surface area contributed by atoms with Crippen LogP contribution < -0.4 is 10.9 Å². The number of carbonyl (C=O) groups is 1. The molecule has 0 bridgehead atoms. The summed E-state index contributed by atoms with van der Waals surface area (Å²) in [6.07, 6.45) is 3.15. The van der Waals surface area contributed by atoms with Gasteiger partial charge in [-0.05, 0) is 49.6 Å². The Morgan fingerprint density at radius 2 is 2.00 bits per heavy atom. The number of likely N-dealkylation sites (tertiary alicyclic amines) is 1. The lowest BCUT2D eigenvalue weighted by atomic mass is 9.96. The molecule has 0 atom stereocenters. The number of pyridine rings is 1. The first kappa shape index (κ1) is 18.2. The number of piperidine rings is 1. The van der Waals surface area contributed by atoms with Crippen molar-refractivity contribution in [1.29, 1.82) is 0 Å². The fourth-order valence-corrected chi connectivity index (χ4v) is 3.47. The molecule has 0 saturated carbocycles. The molecule has 1 aromatic carbocycles. The highest BCUT2D eigenvalue weighted by atomic mass is 16.2. The highest BCUT2D eigenvalue weighted by Crippen LogP contribution is 2.19. The molecular weight excluding hydrogens is 356 g/mol. The number of hydrogen-bond donors (Lipinski definition) is 1. The van der Waals surface area contributed by atoms with Gasteiger partial charge in [0, 0.05) is 25.2 Å². The number of hydrogen-bond acceptors (Lipinski definition) is 6. The fourth-order valence-electron chi connectivity index (χ4n) is 3.47. The van der Waals surface area contributed by atoms with Crippen LogP contribution in [0.1, 0.15) is 18.4 Å². The lowest BCUT2D eigenvalue weighted by Crippen LogP contribution is -2.41. The molecule has 28 heavy (non-hydrogen) atoms. The monoisotopic (exact) mass is 378 g/mol. The first-order valence-corrected chi connectivity index (χ1v) is 9.38. The van der Waals surface area contributed by atoms with Gasteiger partial charge in [0.2, 0.25) is 5.91 Å². The summed E-state index contributed by atoms with van der Waals surface area (Å²) >= 11 is 0. The van der Waals surface area contributed by atoms with Gasteiger partial charge in [0.25, 0.3) is 5.56 Å². The Kier molecular flexibility index (Phi) is 5.12. The zero-order valence-electron chi connectivity index (χ0n) is 15.7. The van der Waals surface area contributed by atoms with E-state index in [0.29, 0.717) is 23.4 Å². The molecule has 1 aliphatic rings. The highest BCUT2D eigenvalue weighted by Gasteiger charge is 2.25. The van der Waals surface area contributed by atoms with E-state index in [-0.39, 0.29) is 17.4 Å². The fraction of sp³-hybridized carbons (Fsp3) is 0.350. The molecule has 0 radical (unpaired) electrons. The molecule has 4 rings (SSSR count).